The fraction of sp³-hybridized carbons (Fsp3) is 0.476. The Hall–Kier alpha value is -2.29. The number of nitrogens with zero attached hydrogens (tertiary/aromatic N) is 4. The molecule has 0 spiro atoms. The van der Waals surface area contributed by atoms with E-state index in [2.05, 4.69) is 32.5 Å². The third kappa shape index (κ3) is 3.64. The molecule has 2 unspecified atom stereocenters. The van der Waals surface area contributed by atoms with Crippen LogP contribution in [0.1, 0.15) is 39.2 Å². The highest BCUT2D eigenvalue weighted by atomic mass is 79.9. The van der Waals surface area contributed by atoms with E-state index in [0.717, 1.165) is 12.8 Å². The summed E-state index contributed by atoms with van der Waals surface area (Å²) in [7, 11) is 0. The lowest BCUT2D eigenvalue weighted by atomic mass is 10.1. The van der Waals surface area contributed by atoms with Crippen molar-refractivity contribution in [3.63, 3.8) is 0 Å². The number of fused-ring (bicyclic) bond motifs is 3. The summed E-state index contributed by atoms with van der Waals surface area (Å²) in [5, 5.41) is 0.414. The number of halogens is 3. The van der Waals surface area contributed by atoms with Crippen LogP contribution < -0.4 is 4.90 Å². The highest BCUT2D eigenvalue weighted by Crippen LogP contribution is 2.37. The number of carbonyl (C=O) groups is 1. The second-order valence-electron chi connectivity index (χ2n) is 8.69. The largest absolute Gasteiger partial charge is 0.444 e. The molecular formula is C21H23BrF2N4O2. The van der Waals surface area contributed by atoms with E-state index in [1.54, 1.807) is 11.0 Å². The first-order valence-electron chi connectivity index (χ1n) is 9.83. The standard InChI is InChI=1S/C21H23BrF2N4O2/c1-5-11-8-14-17(16(23)15(11)22)25-19(24)26-18(14)27-9-12-6-7-13(10-27)28(12)20(29)30-21(2,3)4/h5,8,12-13H,1,6-7,9-10H2,2-4H3. The van der Waals surface area contributed by atoms with E-state index in [1.165, 1.54) is 6.08 Å². The first kappa shape index (κ1) is 21.0. The average molecular weight is 481 g/mol. The minimum atomic E-state index is -0.989. The predicted octanol–water partition coefficient (Wildman–Crippen LogP) is 4.90. The quantitative estimate of drug-likeness (QED) is 0.572. The van der Waals surface area contributed by atoms with Crippen molar-refractivity contribution in [2.45, 2.75) is 51.3 Å². The monoisotopic (exact) mass is 480 g/mol. The number of anilines is 1. The smallest absolute Gasteiger partial charge is 0.410 e. The van der Waals surface area contributed by atoms with Gasteiger partial charge in [-0.05, 0) is 61.2 Å². The van der Waals surface area contributed by atoms with Crippen molar-refractivity contribution in [1.82, 2.24) is 14.9 Å². The Morgan fingerprint density at radius 2 is 1.90 bits per heavy atom. The van der Waals surface area contributed by atoms with Crippen molar-refractivity contribution in [1.29, 1.82) is 0 Å². The number of aromatic nitrogens is 2. The Balaban J connectivity index is 1.71. The number of ether oxygens (including phenoxy) is 1. The van der Waals surface area contributed by atoms with Gasteiger partial charge in [-0.2, -0.15) is 14.4 Å². The summed E-state index contributed by atoms with van der Waals surface area (Å²) in [6, 6.07) is 1.54. The van der Waals surface area contributed by atoms with E-state index in [4.69, 9.17) is 4.74 Å². The second kappa shape index (κ2) is 7.44. The van der Waals surface area contributed by atoms with Crippen LogP contribution in [0.2, 0.25) is 0 Å². The third-order valence-corrected chi connectivity index (χ3v) is 6.26. The second-order valence-corrected chi connectivity index (χ2v) is 9.48. The van der Waals surface area contributed by atoms with E-state index < -0.39 is 17.5 Å². The van der Waals surface area contributed by atoms with Crippen LogP contribution in [0.15, 0.2) is 17.1 Å². The summed E-state index contributed by atoms with van der Waals surface area (Å²) < 4.78 is 34.8. The maximum Gasteiger partial charge on any atom is 0.410 e. The zero-order chi connectivity index (χ0) is 21.8. The van der Waals surface area contributed by atoms with Crippen LogP contribution in [-0.4, -0.2) is 51.7 Å². The van der Waals surface area contributed by atoms with Gasteiger partial charge in [-0.3, -0.25) is 4.90 Å². The minimum Gasteiger partial charge on any atom is -0.444 e. The van der Waals surface area contributed by atoms with Crippen LogP contribution in [0, 0.1) is 11.9 Å². The van der Waals surface area contributed by atoms with Crippen molar-refractivity contribution >= 4 is 44.8 Å². The molecule has 2 saturated heterocycles. The maximum absolute atomic E-state index is 14.8. The lowest BCUT2D eigenvalue weighted by Gasteiger charge is -2.42. The molecule has 1 aromatic carbocycles. The van der Waals surface area contributed by atoms with Crippen LogP contribution in [-0.2, 0) is 4.74 Å². The molecule has 2 aliphatic heterocycles. The molecule has 4 rings (SSSR count). The fourth-order valence-electron chi connectivity index (χ4n) is 4.26. The first-order chi connectivity index (χ1) is 14.1. The molecule has 9 heteroatoms. The summed E-state index contributed by atoms with van der Waals surface area (Å²) in [6.45, 7) is 10.1. The van der Waals surface area contributed by atoms with Gasteiger partial charge in [-0.25, -0.2) is 9.18 Å². The summed E-state index contributed by atoms with van der Waals surface area (Å²) in [6.07, 6.45) is 1.84. The highest BCUT2D eigenvalue weighted by Gasteiger charge is 2.45. The van der Waals surface area contributed by atoms with Crippen LogP contribution in [0.3, 0.4) is 0 Å². The van der Waals surface area contributed by atoms with Crippen molar-refractivity contribution in [2.24, 2.45) is 0 Å². The van der Waals surface area contributed by atoms with Gasteiger partial charge < -0.3 is 9.64 Å². The highest BCUT2D eigenvalue weighted by molar-refractivity contribution is 9.10. The van der Waals surface area contributed by atoms with Crippen LogP contribution in [0.5, 0.6) is 0 Å². The number of piperazine rings is 1. The summed E-state index contributed by atoms with van der Waals surface area (Å²) in [5.74, 6) is -0.326. The van der Waals surface area contributed by atoms with E-state index in [1.807, 2.05) is 25.7 Å². The molecule has 6 nitrogen and oxygen atoms in total. The number of amides is 1. The normalized spacial score (nSPS) is 21.3. The Morgan fingerprint density at radius 1 is 1.27 bits per heavy atom. The van der Waals surface area contributed by atoms with Gasteiger partial charge in [0.2, 0.25) is 0 Å². The zero-order valence-corrected chi connectivity index (χ0v) is 18.7. The van der Waals surface area contributed by atoms with Crippen LogP contribution in [0.4, 0.5) is 19.4 Å². The topological polar surface area (TPSA) is 58.6 Å². The number of hydrogen-bond acceptors (Lipinski definition) is 5. The molecule has 2 aliphatic rings. The Labute approximate surface area is 182 Å². The molecule has 1 amide bonds. The van der Waals surface area contributed by atoms with Gasteiger partial charge in [0.15, 0.2) is 5.82 Å². The molecule has 0 N–H and O–H groups in total. The van der Waals surface area contributed by atoms with Crippen LogP contribution >= 0.6 is 15.9 Å². The lowest BCUT2D eigenvalue weighted by Crippen LogP contribution is -2.57. The van der Waals surface area contributed by atoms with Gasteiger partial charge in [0.1, 0.15) is 16.9 Å². The number of rotatable bonds is 2. The SMILES string of the molecule is C=Cc1cc2c(N3CC4CCC(C3)N4C(=O)OC(C)(C)C)nc(F)nc2c(F)c1Br. The van der Waals surface area contributed by atoms with Crippen molar-refractivity contribution in [3.8, 4) is 0 Å². The predicted molar refractivity (Wildman–Crippen MR) is 114 cm³/mol. The van der Waals surface area contributed by atoms with Crippen molar-refractivity contribution < 1.29 is 18.3 Å². The Morgan fingerprint density at radius 3 is 2.47 bits per heavy atom. The summed E-state index contributed by atoms with van der Waals surface area (Å²) >= 11 is 3.18. The molecular weight excluding hydrogens is 458 g/mol. The molecule has 0 aliphatic carbocycles. The van der Waals surface area contributed by atoms with Crippen molar-refractivity contribution in [2.75, 3.05) is 18.0 Å². The summed E-state index contributed by atoms with van der Waals surface area (Å²) in [4.78, 5) is 24.1. The number of hydrogen-bond donors (Lipinski definition) is 0. The third-order valence-electron chi connectivity index (χ3n) is 5.46. The molecule has 1 aromatic heterocycles. The van der Waals surface area contributed by atoms with Crippen LogP contribution in [0.25, 0.3) is 17.0 Å². The van der Waals surface area contributed by atoms with Gasteiger partial charge in [0, 0.05) is 18.5 Å². The van der Waals surface area contributed by atoms with E-state index in [-0.39, 0.29) is 28.2 Å². The molecule has 0 radical (unpaired) electrons. The first-order valence-corrected chi connectivity index (χ1v) is 10.6. The van der Waals surface area contributed by atoms with E-state index in [0.29, 0.717) is 29.9 Å². The van der Waals surface area contributed by atoms with Gasteiger partial charge in [0.05, 0.1) is 16.6 Å². The number of carbonyl (C=O) groups excluding carboxylic acids is 1. The number of benzene rings is 1. The van der Waals surface area contributed by atoms with Gasteiger partial charge in [-0.15, -0.1) is 0 Å². The average Bonchev–Trinajstić information content (AvgIpc) is 2.93. The molecule has 2 aromatic rings. The molecule has 160 valence electrons. The fourth-order valence-corrected chi connectivity index (χ4v) is 4.72. The molecule has 3 heterocycles. The van der Waals surface area contributed by atoms with Gasteiger partial charge in [0.25, 0.3) is 0 Å². The molecule has 2 fully saturated rings. The van der Waals surface area contributed by atoms with Gasteiger partial charge >= 0.3 is 12.2 Å². The molecule has 0 saturated carbocycles. The van der Waals surface area contributed by atoms with Crippen molar-refractivity contribution in [3.05, 3.63) is 34.6 Å². The summed E-state index contributed by atoms with van der Waals surface area (Å²) in [5.41, 5.74) is -0.130. The van der Waals surface area contributed by atoms with E-state index >= 15 is 0 Å². The maximum atomic E-state index is 14.8. The van der Waals surface area contributed by atoms with E-state index in [9.17, 15) is 13.6 Å². The lowest BCUT2D eigenvalue weighted by molar-refractivity contribution is 0.0123. The molecule has 2 bridgehead atoms. The Bertz CT molecular complexity index is 1030. The minimum absolute atomic E-state index is 0.0779. The molecule has 2 atom stereocenters. The Kier molecular flexibility index (Phi) is 5.20. The van der Waals surface area contributed by atoms with Gasteiger partial charge in [-0.1, -0.05) is 12.7 Å². The zero-order valence-electron chi connectivity index (χ0n) is 17.1. The molecule has 30 heavy (non-hydrogen) atoms.